The zero-order valence-electron chi connectivity index (χ0n) is 16.4. The summed E-state index contributed by atoms with van der Waals surface area (Å²) < 4.78 is 28.0. The van der Waals surface area contributed by atoms with E-state index in [2.05, 4.69) is 10.4 Å². The molecule has 30 heavy (non-hydrogen) atoms. The van der Waals surface area contributed by atoms with E-state index in [1.54, 1.807) is 53.4 Å². The van der Waals surface area contributed by atoms with Crippen molar-refractivity contribution < 1.29 is 18.7 Å². The van der Waals surface area contributed by atoms with Gasteiger partial charge in [-0.25, -0.2) is 9.07 Å². The predicted molar refractivity (Wildman–Crippen MR) is 110 cm³/mol. The minimum Gasteiger partial charge on any atom is -0.493 e. The van der Waals surface area contributed by atoms with Crippen LogP contribution in [0, 0.1) is 5.82 Å². The lowest BCUT2D eigenvalue weighted by Gasteiger charge is -2.13. The summed E-state index contributed by atoms with van der Waals surface area (Å²) in [6, 6.07) is 15.0. The van der Waals surface area contributed by atoms with Crippen LogP contribution in [-0.2, 0) is 0 Å². The van der Waals surface area contributed by atoms with E-state index in [4.69, 9.17) is 9.47 Å². The number of hydrogen-bond donors (Lipinski definition) is 1. The van der Waals surface area contributed by atoms with Crippen LogP contribution in [0.1, 0.15) is 10.4 Å². The van der Waals surface area contributed by atoms with Gasteiger partial charge in [0.05, 0.1) is 20.4 Å². The monoisotopic (exact) mass is 406 g/mol. The number of rotatable bonds is 6. The van der Waals surface area contributed by atoms with Gasteiger partial charge in [-0.3, -0.25) is 4.79 Å². The predicted octanol–water partition coefficient (Wildman–Crippen LogP) is 4.07. The van der Waals surface area contributed by atoms with Crippen molar-refractivity contribution in [2.45, 2.75) is 0 Å². The molecular formula is C22H19FN4O3. The molecule has 0 spiro atoms. The molecule has 7 nitrogen and oxygen atoms in total. The first-order valence-corrected chi connectivity index (χ1v) is 9.12. The number of carbonyl (C=O) groups is 1. The molecule has 0 bridgehead atoms. The SMILES string of the molecule is COc1ccc(NC(=O)c2cnn(-c3ccccc3F)c2-n2cccc2)cc1OC. The molecule has 0 aliphatic rings. The third-order valence-electron chi connectivity index (χ3n) is 4.56. The van der Waals surface area contributed by atoms with Crippen LogP contribution in [-0.4, -0.2) is 34.5 Å². The number of halogens is 1. The molecule has 0 unspecified atom stereocenters. The number of methoxy groups -OCH3 is 2. The third-order valence-corrected chi connectivity index (χ3v) is 4.56. The Balaban J connectivity index is 1.74. The van der Waals surface area contributed by atoms with E-state index < -0.39 is 11.7 Å². The summed E-state index contributed by atoms with van der Waals surface area (Å²) in [5.74, 6) is 0.622. The number of para-hydroxylation sites is 1. The van der Waals surface area contributed by atoms with Crippen molar-refractivity contribution in [2.75, 3.05) is 19.5 Å². The number of carbonyl (C=O) groups excluding carboxylic acids is 1. The normalized spacial score (nSPS) is 10.6. The molecule has 0 radical (unpaired) electrons. The summed E-state index contributed by atoms with van der Waals surface area (Å²) in [4.78, 5) is 13.1. The zero-order chi connectivity index (χ0) is 21.1. The van der Waals surface area contributed by atoms with E-state index in [-0.39, 0.29) is 11.3 Å². The number of nitrogens with one attached hydrogen (secondary N) is 1. The van der Waals surface area contributed by atoms with Crippen LogP contribution in [0.25, 0.3) is 11.5 Å². The Hall–Kier alpha value is -4.07. The van der Waals surface area contributed by atoms with Gasteiger partial charge in [0.25, 0.3) is 5.91 Å². The van der Waals surface area contributed by atoms with Crippen LogP contribution >= 0.6 is 0 Å². The highest BCUT2D eigenvalue weighted by Crippen LogP contribution is 2.30. The minimum atomic E-state index is -0.444. The number of hydrogen-bond acceptors (Lipinski definition) is 4. The van der Waals surface area contributed by atoms with Gasteiger partial charge < -0.3 is 19.4 Å². The number of ether oxygens (including phenoxy) is 2. The molecule has 152 valence electrons. The average molecular weight is 406 g/mol. The molecule has 2 heterocycles. The fourth-order valence-electron chi connectivity index (χ4n) is 3.14. The number of anilines is 1. The van der Waals surface area contributed by atoms with Crippen LogP contribution in [0.2, 0.25) is 0 Å². The minimum absolute atomic E-state index is 0.242. The van der Waals surface area contributed by atoms with Crippen LogP contribution in [0.4, 0.5) is 10.1 Å². The maximum Gasteiger partial charge on any atom is 0.261 e. The van der Waals surface area contributed by atoms with E-state index in [9.17, 15) is 9.18 Å². The molecule has 0 aliphatic heterocycles. The van der Waals surface area contributed by atoms with Crippen molar-refractivity contribution >= 4 is 11.6 Å². The van der Waals surface area contributed by atoms with Crippen molar-refractivity contribution in [3.05, 3.63) is 84.6 Å². The highest BCUT2D eigenvalue weighted by atomic mass is 19.1. The number of nitrogens with zero attached hydrogens (tertiary/aromatic N) is 3. The Bertz CT molecular complexity index is 1190. The lowest BCUT2D eigenvalue weighted by Crippen LogP contribution is -2.15. The molecular weight excluding hydrogens is 387 g/mol. The largest absolute Gasteiger partial charge is 0.493 e. The first kappa shape index (κ1) is 19.3. The molecule has 0 saturated carbocycles. The van der Waals surface area contributed by atoms with Crippen molar-refractivity contribution in [3.63, 3.8) is 0 Å². The lowest BCUT2D eigenvalue weighted by atomic mass is 10.2. The first-order chi connectivity index (χ1) is 14.6. The molecule has 0 atom stereocenters. The Kier molecular flexibility index (Phi) is 5.21. The number of amides is 1. The first-order valence-electron chi connectivity index (χ1n) is 9.12. The fourth-order valence-corrected chi connectivity index (χ4v) is 3.14. The second-order valence-corrected chi connectivity index (χ2v) is 6.36. The van der Waals surface area contributed by atoms with Crippen LogP contribution in [0.5, 0.6) is 11.5 Å². The molecule has 0 saturated heterocycles. The van der Waals surface area contributed by atoms with Crippen molar-refractivity contribution in [3.8, 4) is 23.0 Å². The zero-order valence-corrected chi connectivity index (χ0v) is 16.4. The fraction of sp³-hybridized carbons (Fsp3) is 0.0909. The van der Waals surface area contributed by atoms with Gasteiger partial charge in [0, 0.05) is 24.1 Å². The van der Waals surface area contributed by atoms with E-state index in [1.165, 1.54) is 31.2 Å². The standard InChI is InChI=1S/C22H19FN4O3/c1-29-19-10-9-15(13-20(19)30-2)25-21(28)16-14-24-27(18-8-4-3-7-17(18)23)22(16)26-11-5-6-12-26/h3-14H,1-2H3,(H,25,28). The Morgan fingerprint density at radius 3 is 2.43 bits per heavy atom. The van der Waals surface area contributed by atoms with Crippen molar-refractivity contribution in [1.82, 2.24) is 14.3 Å². The molecule has 0 aliphatic carbocycles. The summed E-state index contributed by atoms with van der Waals surface area (Å²) in [6.45, 7) is 0. The van der Waals surface area contributed by atoms with E-state index in [0.29, 0.717) is 23.0 Å². The van der Waals surface area contributed by atoms with Gasteiger partial charge in [0.1, 0.15) is 17.1 Å². The molecule has 2 aromatic carbocycles. The van der Waals surface area contributed by atoms with Crippen molar-refractivity contribution in [2.24, 2.45) is 0 Å². The molecule has 0 fully saturated rings. The number of benzene rings is 2. The van der Waals surface area contributed by atoms with Crippen LogP contribution in [0.15, 0.2) is 73.2 Å². The Labute approximate surface area is 172 Å². The van der Waals surface area contributed by atoms with Gasteiger partial charge >= 0.3 is 0 Å². The molecule has 8 heteroatoms. The summed E-state index contributed by atoms with van der Waals surface area (Å²) in [5, 5.41) is 7.11. The Morgan fingerprint density at radius 2 is 1.73 bits per heavy atom. The van der Waals surface area contributed by atoms with Gasteiger partial charge in [0.15, 0.2) is 17.3 Å². The van der Waals surface area contributed by atoms with Crippen LogP contribution < -0.4 is 14.8 Å². The van der Waals surface area contributed by atoms with E-state index >= 15 is 0 Å². The van der Waals surface area contributed by atoms with Crippen molar-refractivity contribution in [1.29, 1.82) is 0 Å². The molecule has 1 N–H and O–H groups in total. The quantitative estimate of drug-likeness (QED) is 0.524. The Morgan fingerprint density at radius 1 is 1.00 bits per heavy atom. The summed E-state index contributed by atoms with van der Waals surface area (Å²) in [5.41, 5.74) is 1.05. The smallest absolute Gasteiger partial charge is 0.261 e. The maximum atomic E-state index is 14.4. The average Bonchev–Trinajstić information content (AvgIpc) is 3.43. The van der Waals surface area contributed by atoms with Gasteiger partial charge in [0.2, 0.25) is 0 Å². The van der Waals surface area contributed by atoms with Gasteiger partial charge in [-0.1, -0.05) is 12.1 Å². The molecule has 4 aromatic rings. The summed E-state index contributed by atoms with van der Waals surface area (Å²) in [6.07, 6.45) is 4.95. The van der Waals surface area contributed by atoms with E-state index in [1.807, 2.05) is 12.1 Å². The van der Waals surface area contributed by atoms with Gasteiger partial charge in [-0.15, -0.1) is 0 Å². The number of aromatic nitrogens is 3. The van der Waals surface area contributed by atoms with E-state index in [0.717, 1.165) is 0 Å². The molecule has 4 rings (SSSR count). The highest BCUT2D eigenvalue weighted by Gasteiger charge is 2.21. The molecule has 1 amide bonds. The third kappa shape index (κ3) is 3.50. The topological polar surface area (TPSA) is 70.3 Å². The summed E-state index contributed by atoms with van der Waals surface area (Å²) >= 11 is 0. The maximum absolute atomic E-state index is 14.4. The second kappa shape index (κ2) is 8.12. The lowest BCUT2D eigenvalue weighted by molar-refractivity contribution is 0.102. The summed E-state index contributed by atoms with van der Waals surface area (Å²) in [7, 11) is 3.06. The van der Waals surface area contributed by atoms with Gasteiger partial charge in [-0.05, 0) is 36.4 Å². The highest BCUT2D eigenvalue weighted by molar-refractivity contribution is 6.06. The second-order valence-electron chi connectivity index (χ2n) is 6.36. The molecule has 2 aromatic heterocycles. The van der Waals surface area contributed by atoms with Gasteiger partial charge in [-0.2, -0.15) is 5.10 Å². The van der Waals surface area contributed by atoms with Crippen LogP contribution in [0.3, 0.4) is 0 Å².